The Morgan fingerprint density at radius 3 is 2.67 bits per heavy atom. The Balaban J connectivity index is 1.85. The van der Waals surface area contributed by atoms with Gasteiger partial charge in [-0.3, -0.25) is 4.57 Å². The van der Waals surface area contributed by atoms with Gasteiger partial charge in [0, 0.05) is 19.8 Å². The second-order valence-electron chi connectivity index (χ2n) is 5.46. The van der Waals surface area contributed by atoms with Gasteiger partial charge in [0.05, 0.1) is 6.04 Å². The van der Waals surface area contributed by atoms with Gasteiger partial charge >= 0.3 is 0 Å². The molecule has 5 nitrogen and oxygen atoms in total. The van der Waals surface area contributed by atoms with Crippen molar-refractivity contribution in [3.8, 4) is 0 Å². The third-order valence-corrected chi connectivity index (χ3v) is 4.02. The number of hydrogen-bond acceptors (Lipinski definition) is 4. The number of nitrogens with zero attached hydrogens (tertiary/aromatic N) is 4. The van der Waals surface area contributed by atoms with Gasteiger partial charge < -0.3 is 10.2 Å². The van der Waals surface area contributed by atoms with Gasteiger partial charge in [-0.25, -0.2) is 4.39 Å². The average molecular weight is 289 g/mol. The predicted molar refractivity (Wildman–Crippen MR) is 80.1 cm³/mol. The molecule has 0 bridgehead atoms. The first kappa shape index (κ1) is 14.0. The smallest absolute Gasteiger partial charge is 0.231 e. The summed E-state index contributed by atoms with van der Waals surface area (Å²) >= 11 is 0. The molecule has 1 atom stereocenters. The van der Waals surface area contributed by atoms with Crippen LogP contribution in [-0.4, -0.2) is 28.4 Å². The molecule has 21 heavy (non-hydrogen) atoms. The normalized spacial score (nSPS) is 18.7. The minimum absolute atomic E-state index is 0.239. The van der Waals surface area contributed by atoms with Crippen molar-refractivity contribution in [3.05, 3.63) is 35.9 Å². The Hall–Kier alpha value is -1.95. The van der Waals surface area contributed by atoms with Gasteiger partial charge in [0.1, 0.15) is 5.82 Å². The molecule has 2 heterocycles. The van der Waals surface area contributed by atoms with Crippen molar-refractivity contribution in [2.24, 2.45) is 7.05 Å². The first-order valence-electron chi connectivity index (χ1n) is 7.29. The quantitative estimate of drug-likeness (QED) is 0.943. The zero-order valence-electron chi connectivity index (χ0n) is 12.4. The highest BCUT2D eigenvalue weighted by atomic mass is 19.1. The molecule has 1 aliphatic rings. The summed E-state index contributed by atoms with van der Waals surface area (Å²) in [7, 11) is 3.89. The summed E-state index contributed by atoms with van der Waals surface area (Å²) in [5.41, 5.74) is 0.884. The Morgan fingerprint density at radius 2 is 2.00 bits per heavy atom. The lowest BCUT2D eigenvalue weighted by atomic mass is 10.0. The van der Waals surface area contributed by atoms with Crippen LogP contribution in [0.5, 0.6) is 0 Å². The van der Waals surface area contributed by atoms with E-state index in [0.29, 0.717) is 0 Å². The summed E-state index contributed by atoms with van der Waals surface area (Å²) in [5.74, 6) is 1.47. The van der Waals surface area contributed by atoms with Crippen molar-refractivity contribution in [1.82, 2.24) is 20.1 Å². The molecule has 6 heteroatoms. The lowest BCUT2D eigenvalue weighted by Gasteiger charge is -2.23. The van der Waals surface area contributed by atoms with Crippen molar-refractivity contribution in [2.45, 2.75) is 25.3 Å². The second-order valence-corrected chi connectivity index (χ2v) is 5.46. The monoisotopic (exact) mass is 289 g/mol. The van der Waals surface area contributed by atoms with E-state index >= 15 is 0 Å². The molecule has 2 aromatic rings. The fourth-order valence-corrected chi connectivity index (χ4v) is 2.78. The maximum Gasteiger partial charge on any atom is 0.231 e. The van der Waals surface area contributed by atoms with Gasteiger partial charge in [-0.05, 0) is 43.7 Å². The molecule has 1 aromatic carbocycles. The Bertz CT molecular complexity index is 601. The number of piperidine rings is 1. The maximum atomic E-state index is 13.0. The molecule has 1 aromatic heterocycles. The van der Waals surface area contributed by atoms with E-state index in [1.54, 1.807) is 12.1 Å². The molecule has 112 valence electrons. The Labute approximate surface area is 123 Å². The minimum Gasteiger partial charge on any atom is -0.314 e. The second kappa shape index (κ2) is 5.81. The van der Waals surface area contributed by atoms with Crippen LogP contribution in [0, 0.1) is 5.82 Å². The number of anilines is 2. The van der Waals surface area contributed by atoms with E-state index in [0.717, 1.165) is 30.4 Å². The lowest BCUT2D eigenvalue weighted by Crippen LogP contribution is -2.29. The molecule has 0 amide bonds. The molecule has 0 spiro atoms. The van der Waals surface area contributed by atoms with Crippen LogP contribution in [0.25, 0.3) is 0 Å². The van der Waals surface area contributed by atoms with Crippen LogP contribution in [0.4, 0.5) is 16.0 Å². The predicted octanol–water partition coefficient (Wildman–Crippen LogP) is 2.54. The molecular weight excluding hydrogens is 269 g/mol. The number of nitrogens with one attached hydrogen (secondary N) is 1. The highest BCUT2D eigenvalue weighted by molar-refractivity contribution is 5.56. The third kappa shape index (κ3) is 2.76. The summed E-state index contributed by atoms with van der Waals surface area (Å²) in [4.78, 5) is 1.92. The molecule has 0 radical (unpaired) electrons. The maximum absolute atomic E-state index is 13.0. The van der Waals surface area contributed by atoms with Crippen molar-refractivity contribution >= 4 is 11.6 Å². The highest BCUT2D eigenvalue weighted by Crippen LogP contribution is 2.26. The summed E-state index contributed by atoms with van der Waals surface area (Å²) in [6.45, 7) is 1.03. The van der Waals surface area contributed by atoms with Crippen LogP contribution in [0.2, 0.25) is 0 Å². The average Bonchev–Trinajstić information content (AvgIpc) is 2.90. The van der Waals surface area contributed by atoms with E-state index in [4.69, 9.17) is 0 Å². The molecule has 1 saturated heterocycles. The number of rotatable bonds is 3. The van der Waals surface area contributed by atoms with Crippen LogP contribution in [0.15, 0.2) is 24.3 Å². The summed E-state index contributed by atoms with van der Waals surface area (Å²) in [5, 5.41) is 12.1. The number of hydrogen-bond donors (Lipinski definition) is 1. The first-order chi connectivity index (χ1) is 10.2. The van der Waals surface area contributed by atoms with Gasteiger partial charge in [0.15, 0.2) is 5.82 Å². The SMILES string of the molecule is CN(c1ccc(F)cc1)c1nnc(C2CCCCN2)n1C. The molecule has 1 aliphatic heterocycles. The molecule has 1 unspecified atom stereocenters. The van der Waals surface area contributed by atoms with Gasteiger partial charge in [-0.2, -0.15) is 0 Å². The largest absolute Gasteiger partial charge is 0.314 e. The summed E-state index contributed by atoms with van der Waals surface area (Å²) in [6.07, 6.45) is 3.52. The van der Waals surface area contributed by atoms with Gasteiger partial charge in [-0.15, -0.1) is 10.2 Å². The van der Waals surface area contributed by atoms with Crippen LogP contribution < -0.4 is 10.2 Å². The standard InChI is InChI=1S/C15H20FN5/c1-20(12-8-6-11(16)7-9-12)15-19-18-14(21(15)2)13-5-3-4-10-17-13/h6-9,13,17H,3-5,10H2,1-2H3. The molecular formula is C15H20FN5. The van der Waals surface area contributed by atoms with Gasteiger partial charge in [0.25, 0.3) is 0 Å². The minimum atomic E-state index is -0.239. The summed E-state index contributed by atoms with van der Waals surface area (Å²) in [6, 6.07) is 6.65. The van der Waals surface area contributed by atoms with Gasteiger partial charge in [0.2, 0.25) is 5.95 Å². The molecule has 0 aliphatic carbocycles. The molecule has 1 N–H and O–H groups in total. The molecule has 3 rings (SSSR count). The van der Waals surface area contributed by atoms with E-state index in [1.807, 2.05) is 23.6 Å². The van der Waals surface area contributed by atoms with E-state index in [-0.39, 0.29) is 11.9 Å². The van der Waals surface area contributed by atoms with Crippen molar-refractivity contribution in [1.29, 1.82) is 0 Å². The van der Waals surface area contributed by atoms with Crippen LogP contribution in [0.1, 0.15) is 31.1 Å². The third-order valence-electron chi connectivity index (χ3n) is 4.02. The van der Waals surface area contributed by atoms with Crippen LogP contribution >= 0.6 is 0 Å². The van der Waals surface area contributed by atoms with Crippen molar-refractivity contribution in [2.75, 3.05) is 18.5 Å². The lowest BCUT2D eigenvalue weighted by molar-refractivity contribution is 0.390. The van der Waals surface area contributed by atoms with Crippen molar-refractivity contribution < 1.29 is 4.39 Å². The van der Waals surface area contributed by atoms with E-state index in [1.165, 1.54) is 25.0 Å². The van der Waals surface area contributed by atoms with E-state index in [2.05, 4.69) is 15.5 Å². The topological polar surface area (TPSA) is 46.0 Å². The zero-order chi connectivity index (χ0) is 14.8. The van der Waals surface area contributed by atoms with Gasteiger partial charge in [-0.1, -0.05) is 6.42 Å². The number of benzene rings is 1. The number of halogens is 1. The molecule has 1 fully saturated rings. The summed E-state index contributed by atoms with van der Waals surface area (Å²) < 4.78 is 15.0. The van der Waals surface area contributed by atoms with Crippen LogP contribution in [-0.2, 0) is 7.05 Å². The zero-order valence-corrected chi connectivity index (χ0v) is 12.4. The molecule has 0 saturated carbocycles. The first-order valence-corrected chi connectivity index (χ1v) is 7.29. The fourth-order valence-electron chi connectivity index (χ4n) is 2.78. The van der Waals surface area contributed by atoms with E-state index in [9.17, 15) is 4.39 Å². The Kier molecular flexibility index (Phi) is 3.88. The highest BCUT2D eigenvalue weighted by Gasteiger charge is 2.22. The van der Waals surface area contributed by atoms with Crippen LogP contribution in [0.3, 0.4) is 0 Å². The number of aromatic nitrogens is 3. The Morgan fingerprint density at radius 1 is 1.24 bits per heavy atom. The van der Waals surface area contributed by atoms with E-state index < -0.39 is 0 Å². The van der Waals surface area contributed by atoms with Crippen molar-refractivity contribution in [3.63, 3.8) is 0 Å². The fraction of sp³-hybridized carbons (Fsp3) is 0.467.